The molecule has 0 fully saturated rings. The zero-order valence-electron chi connectivity index (χ0n) is 16.6. The third kappa shape index (κ3) is 4.91. The van der Waals surface area contributed by atoms with Gasteiger partial charge in [0, 0.05) is 11.6 Å². The van der Waals surface area contributed by atoms with Crippen LogP contribution in [0.25, 0.3) is 16.6 Å². The maximum atomic E-state index is 12.3. The molecule has 0 saturated carbocycles. The Hall–Kier alpha value is -3.39. The Kier molecular flexibility index (Phi) is 6.46. The van der Waals surface area contributed by atoms with E-state index in [0.717, 1.165) is 21.7 Å². The Bertz CT molecular complexity index is 1020. The lowest BCUT2D eigenvalue weighted by atomic mass is 10.1. The van der Waals surface area contributed by atoms with Gasteiger partial charge < -0.3 is 14.2 Å². The van der Waals surface area contributed by atoms with E-state index in [0.29, 0.717) is 22.4 Å². The fourth-order valence-electron chi connectivity index (χ4n) is 2.69. The van der Waals surface area contributed by atoms with E-state index >= 15 is 0 Å². The minimum absolute atomic E-state index is 0.314. The minimum atomic E-state index is -0.314. The molecule has 1 amide bonds. The predicted octanol–water partition coefficient (Wildman–Crippen LogP) is 4.19. The number of benzene rings is 2. The fraction of sp³-hybridized carbons (Fsp3) is 0.190. The number of rotatable bonds is 7. The van der Waals surface area contributed by atoms with Crippen molar-refractivity contribution in [3.8, 4) is 27.8 Å². The summed E-state index contributed by atoms with van der Waals surface area (Å²) in [6.45, 7) is 2.02. The standard InChI is InChI=1S/C21H21N3O4S/c1-13-6-5-7-15(10-13)20-23-24-21(29-20)22-18(25)9-8-14-11-16(26-2)19(28-4)17(12-14)27-3/h5-12H,1-4H3,(H,22,24,25). The minimum Gasteiger partial charge on any atom is -0.493 e. The van der Waals surface area contributed by atoms with E-state index in [-0.39, 0.29) is 5.91 Å². The molecule has 0 aliphatic heterocycles. The summed E-state index contributed by atoms with van der Waals surface area (Å²) in [5.74, 6) is 1.21. The van der Waals surface area contributed by atoms with Crippen LogP contribution >= 0.6 is 11.3 Å². The SMILES string of the molecule is COc1cc(C=CC(=O)Nc2nnc(-c3cccc(C)c3)s2)cc(OC)c1OC. The second-order valence-electron chi connectivity index (χ2n) is 6.06. The molecule has 0 radical (unpaired) electrons. The molecule has 3 rings (SSSR count). The number of aryl methyl sites for hydroxylation is 1. The summed E-state index contributed by atoms with van der Waals surface area (Å²) >= 11 is 1.32. The van der Waals surface area contributed by atoms with Gasteiger partial charge in [-0.3, -0.25) is 10.1 Å². The van der Waals surface area contributed by atoms with Gasteiger partial charge in [0.15, 0.2) is 11.5 Å². The van der Waals surface area contributed by atoms with Crippen molar-refractivity contribution < 1.29 is 19.0 Å². The highest BCUT2D eigenvalue weighted by atomic mass is 32.1. The molecule has 7 nitrogen and oxygen atoms in total. The normalized spacial score (nSPS) is 10.8. The van der Waals surface area contributed by atoms with Crippen molar-refractivity contribution in [3.05, 3.63) is 53.6 Å². The average molecular weight is 411 g/mol. The van der Waals surface area contributed by atoms with Crippen molar-refractivity contribution in [2.24, 2.45) is 0 Å². The molecule has 8 heteroatoms. The summed E-state index contributed by atoms with van der Waals surface area (Å²) in [5, 5.41) is 12.1. The van der Waals surface area contributed by atoms with E-state index in [9.17, 15) is 4.79 Å². The number of aromatic nitrogens is 2. The van der Waals surface area contributed by atoms with Gasteiger partial charge in [0.05, 0.1) is 21.3 Å². The lowest BCUT2D eigenvalue weighted by Crippen LogP contribution is -2.07. The molecule has 1 heterocycles. The largest absolute Gasteiger partial charge is 0.493 e. The molecule has 0 aliphatic rings. The maximum absolute atomic E-state index is 12.3. The number of anilines is 1. The van der Waals surface area contributed by atoms with Crippen molar-refractivity contribution in [3.63, 3.8) is 0 Å². The third-order valence-electron chi connectivity index (χ3n) is 4.03. The molecule has 0 atom stereocenters. The number of nitrogens with zero attached hydrogens (tertiary/aromatic N) is 2. The zero-order chi connectivity index (χ0) is 20.8. The van der Waals surface area contributed by atoms with Gasteiger partial charge in [-0.05, 0) is 36.8 Å². The van der Waals surface area contributed by atoms with Crippen LogP contribution in [0.5, 0.6) is 17.2 Å². The Morgan fingerprint density at radius 2 is 1.76 bits per heavy atom. The highest BCUT2D eigenvalue weighted by Gasteiger charge is 2.12. The molecule has 150 valence electrons. The predicted molar refractivity (Wildman–Crippen MR) is 114 cm³/mol. The van der Waals surface area contributed by atoms with Crippen LogP contribution < -0.4 is 19.5 Å². The van der Waals surface area contributed by atoms with Gasteiger partial charge in [0.25, 0.3) is 0 Å². The molecule has 29 heavy (non-hydrogen) atoms. The van der Waals surface area contributed by atoms with Crippen molar-refractivity contribution in [2.75, 3.05) is 26.6 Å². The second kappa shape index (κ2) is 9.20. The van der Waals surface area contributed by atoms with Gasteiger partial charge in [0.2, 0.25) is 16.8 Å². The van der Waals surface area contributed by atoms with Gasteiger partial charge in [-0.2, -0.15) is 0 Å². The maximum Gasteiger partial charge on any atom is 0.250 e. The van der Waals surface area contributed by atoms with Gasteiger partial charge in [-0.15, -0.1) is 10.2 Å². The van der Waals surface area contributed by atoms with E-state index in [1.54, 1.807) is 32.4 Å². The lowest BCUT2D eigenvalue weighted by Gasteiger charge is -2.12. The molecular formula is C21H21N3O4S. The molecule has 0 aliphatic carbocycles. The molecule has 3 aromatic rings. The smallest absolute Gasteiger partial charge is 0.250 e. The topological polar surface area (TPSA) is 82.6 Å². The van der Waals surface area contributed by atoms with Crippen molar-refractivity contribution in [1.29, 1.82) is 0 Å². The first-order valence-corrected chi connectivity index (χ1v) is 9.55. The van der Waals surface area contributed by atoms with Crippen LogP contribution in [0.3, 0.4) is 0 Å². The first-order valence-electron chi connectivity index (χ1n) is 8.73. The summed E-state index contributed by atoms with van der Waals surface area (Å²) in [7, 11) is 4.62. The van der Waals surface area contributed by atoms with Crippen molar-refractivity contribution in [1.82, 2.24) is 10.2 Å². The van der Waals surface area contributed by atoms with E-state index in [1.165, 1.54) is 24.5 Å². The van der Waals surface area contributed by atoms with Crippen LogP contribution in [0.4, 0.5) is 5.13 Å². The van der Waals surface area contributed by atoms with Crippen LogP contribution in [-0.2, 0) is 4.79 Å². The number of hydrogen-bond acceptors (Lipinski definition) is 7. The molecule has 2 aromatic carbocycles. The first-order chi connectivity index (χ1) is 14.0. The van der Waals surface area contributed by atoms with Gasteiger partial charge in [-0.1, -0.05) is 35.1 Å². The number of carbonyl (C=O) groups excluding carboxylic acids is 1. The zero-order valence-corrected chi connectivity index (χ0v) is 17.4. The van der Waals surface area contributed by atoms with Gasteiger partial charge >= 0.3 is 0 Å². The summed E-state index contributed by atoms with van der Waals surface area (Å²) in [6.07, 6.45) is 3.07. The van der Waals surface area contributed by atoms with E-state index in [1.807, 2.05) is 31.2 Å². The van der Waals surface area contributed by atoms with E-state index in [4.69, 9.17) is 14.2 Å². The Morgan fingerprint density at radius 1 is 1.03 bits per heavy atom. The van der Waals surface area contributed by atoms with Crippen LogP contribution in [0.2, 0.25) is 0 Å². The molecular weight excluding hydrogens is 390 g/mol. The fourth-order valence-corrected chi connectivity index (χ4v) is 3.43. The van der Waals surface area contributed by atoms with Crippen LogP contribution in [0, 0.1) is 6.92 Å². The number of hydrogen-bond donors (Lipinski definition) is 1. The molecule has 0 spiro atoms. The summed E-state index contributed by atoms with van der Waals surface area (Å²) in [5.41, 5.74) is 2.83. The van der Waals surface area contributed by atoms with Gasteiger partial charge in [0.1, 0.15) is 5.01 Å². The molecule has 0 bridgehead atoms. The molecule has 0 unspecified atom stereocenters. The number of amides is 1. The number of ether oxygens (including phenoxy) is 3. The van der Waals surface area contributed by atoms with E-state index < -0.39 is 0 Å². The quantitative estimate of drug-likeness (QED) is 0.587. The Balaban J connectivity index is 1.72. The summed E-state index contributed by atoms with van der Waals surface area (Å²) < 4.78 is 15.9. The third-order valence-corrected chi connectivity index (χ3v) is 4.92. The van der Waals surface area contributed by atoms with E-state index in [2.05, 4.69) is 15.5 Å². The Labute approximate surface area is 173 Å². The van der Waals surface area contributed by atoms with Crippen molar-refractivity contribution in [2.45, 2.75) is 6.92 Å². The lowest BCUT2D eigenvalue weighted by molar-refractivity contribution is -0.111. The van der Waals surface area contributed by atoms with Gasteiger partial charge in [-0.25, -0.2) is 0 Å². The van der Waals surface area contributed by atoms with Crippen molar-refractivity contribution >= 4 is 28.5 Å². The molecule has 0 saturated heterocycles. The Morgan fingerprint density at radius 3 is 2.38 bits per heavy atom. The summed E-state index contributed by atoms with van der Waals surface area (Å²) in [4.78, 5) is 12.3. The van der Waals surface area contributed by atoms with Crippen LogP contribution in [0.1, 0.15) is 11.1 Å². The number of nitrogens with one attached hydrogen (secondary N) is 1. The number of methoxy groups -OCH3 is 3. The van der Waals surface area contributed by atoms with Crippen LogP contribution in [-0.4, -0.2) is 37.4 Å². The average Bonchev–Trinajstić information content (AvgIpc) is 3.19. The number of carbonyl (C=O) groups is 1. The summed E-state index contributed by atoms with van der Waals surface area (Å²) in [6, 6.07) is 11.5. The molecule has 1 N–H and O–H groups in total. The molecule has 1 aromatic heterocycles. The second-order valence-corrected chi connectivity index (χ2v) is 7.04. The highest BCUT2D eigenvalue weighted by molar-refractivity contribution is 7.18. The first kappa shape index (κ1) is 20.3. The highest BCUT2D eigenvalue weighted by Crippen LogP contribution is 2.38. The monoisotopic (exact) mass is 411 g/mol. The van der Waals surface area contributed by atoms with Crippen LogP contribution in [0.15, 0.2) is 42.5 Å².